The highest BCUT2D eigenvalue weighted by molar-refractivity contribution is 5.76. The maximum absolute atomic E-state index is 12.8. The number of carbonyl (C=O) groups excluding carboxylic acids is 1. The summed E-state index contributed by atoms with van der Waals surface area (Å²) in [6.07, 6.45) is 6.08. The number of rotatable bonds is 28. The first-order chi connectivity index (χ1) is 25.1. The first kappa shape index (κ1) is 46.9. The summed E-state index contributed by atoms with van der Waals surface area (Å²) in [6.45, 7) is 2.64. The minimum absolute atomic E-state index is 0.255. The van der Waals surface area contributed by atoms with Gasteiger partial charge in [0.05, 0.1) is 32.0 Å². The van der Waals surface area contributed by atoms with Crippen LogP contribution in [0, 0.1) is 0 Å². The Morgan fingerprint density at radius 1 is 0.673 bits per heavy atom. The monoisotopic (exact) mass is 749 g/mol. The number of amides is 1. The molecular formula is C38H71NO13. The number of aliphatic hydroxyl groups excluding tert-OH is 8. The summed E-state index contributed by atoms with van der Waals surface area (Å²) in [5.41, 5.74) is 0. The third-order valence-corrected chi connectivity index (χ3v) is 9.97. The van der Waals surface area contributed by atoms with Crippen molar-refractivity contribution >= 4 is 5.91 Å². The summed E-state index contributed by atoms with van der Waals surface area (Å²) in [4.78, 5) is 12.8. The van der Waals surface area contributed by atoms with Gasteiger partial charge in [0.15, 0.2) is 12.6 Å². The molecule has 0 aromatic rings. The molecule has 12 atom stereocenters. The van der Waals surface area contributed by atoms with Gasteiger partial charge in [0.25, 0.3) is 0 Å². The van der Waals surface area contributed by atoms with E-state index in [9.17, 15) is 45.6 Å². The van der Waals surface area contributed by atoms with Crippen molar-refractivity contribution in [3.8, 4) is 0 Å². The molecule has 1 amide bonds. The van der Waals surface area contributed by atoms with Crippen LogP contribution in [0.1, 0.15) is 129 Å². The molecule has 4 unspecified atom stereocenters. The van der Waals surface area contributed by atoms with Gasteiger partial charge < -0.3 is 65.1 Å². The highest BCUT2D eigenvalue weighted by Gasteiger charge is 2.50. The Balaban J connectivity index is 1.93. The van der Waals surface area contributed by atoms with E-state index in [0.29, 0.717) is 6.42 Å². The number of carbonyl (C=O) groups is 1. The fourth-order valence-corrected chi connectivity index (χ4v) is 6.58. The summed E-state index contributed by atoms with van der Waals surface area (Å²) in [7, 11) is 0. The largest absolute Gasteiger partial charge is 0.394 e. The molecule has 2 saturated heterocycles. The SMILES string of the molecule is CCCCCCCCCCCCC/C=C/[C@@H](O)[C@H](CO[C@@H]1OC(CO)[C@@H](O[C@@H]2OC(CO)[C@H](O)C(O)[C@@H]2O)[C@H](O)C1O)NC(=O)CCCCCCC. The molecule has 14 heteroatoms. The van der Waals surface area contributed by atoms with E-state index in [2.05, 4.69) is 19.2 Å². The average Bonchev–Trinajstić information content (AvgIpc) is 3.14. The molecular weight excluding hydrogens is 678 g/mol. The van der Waals surface area contributed by atoms with E-state index in [1.807, 2.05) is 6.08 Å². The van der Waals surface area contributed by atoms with Crippen LogP contribution in [-0.4, -0.2) is 140 Å². The summed E-state index contributed by atoms with van der Waals surface area (Å²) in [5, 5.41) is 85.8. The van der Waals surface area contributed by atoms with Gasteiger partial charge in [-0.1, -0.05) is 116 Å². The number of allylic oxidation sites excluding steroid dienone is 1. The average molecular weight is 750 g/mol. The van der Waals surface area contributed by atoms with Crippen molar-refractivity contribution in [2.75, 3.05) is 19.8 Å². The number of ether oxygens (including phenoxy) is 4. The van der Waals surface area contributed by atoms with E-state index in [4.69, 9.17) is 18.9 Å². The summed E-state index contributed by atoms with van der Waals surface area (Å²) < 4.78 is 22.5. The van der Waals surface area contributed by atoms with E-state index in [1.54, 1.807) is 6.08 Å². The third-order valence-electron chi connectivity index (χ3n) is 9.97. The van der Waals surface area contributed by atoms with Crippen LogP contribution >= 0.6 is 0 Å². The van der Waals surface area contributed by atoms with E-state index in [1.165, 1.54) is 57.8 Å². The Labute approximate surface area is 310 Å². The minimum Gasteiger partial charge on any atom is -0.394 e. The lowest BCUT2D eigenvalue weighted by Crippen LogP contribution is -2.65. The Morgan fingerprint density at radius 2 is 1.19 bits per heavy atom. The molecule has 14 nitrogen and oxygen atoms in total. The lowest BCUT2D eigenvalue weighted by Gasteiger charge is -2.46. The van der Waals surface area contributed by atoms with Gasteiger partial charge in [-0.25, -0.2) is 0 Å². The molecule has 2 fully saturated rings. The van der Waals surface area contributed by atoms with Gasteiger partial charge in [-0.3, -0.25) is 4.79 Å². The highest BCUT2D eigenvalue weighted by Crippen LogP contribution is 2.29. The van der Waals surface area contributed by atoms with Crippen LogP contribution in [0.4, 0.5) is 0 Å². The van der Waals surface area contributed by atoms with Gasteiger partial charge in [0.2, 0.25) is 5.91 Å². The summed E-state index contributed by atoms with van der Waals surface area (Å²) in [6, 6.07) is -0.902. The van der Waals surface area contributed by atoms with Gasteiger partial charge in [-0.15, -0.1) is 0 Å². The van der Waals surface area contributed by atoms with Gasteiger partial charge >= 0.3 is 0 Å². The quantitative estimate of drug-likeness (QED) is 0.0413. The molecule has 0 aromatic carbocycles. The highest BCUT2D eigenvalue weighted by atomic mass is 16.7. The van der Waals surface area contributed by atoms with Gasteiger partial charge in [0.1, 0.15) is 48.8 Å². The van der Waals surface area contributed by atoms with Crippen LogP contribution < -0.4 is 5.32 Å². The predicted octanol–water partition coefficient (Wildman–Crippen LogP) is 2.09. The Bertz CT molecular complexity index is 941. The number of hydrogen-bond donors (Lipinski definition) is 9. The van der Waals surface area contributed by atoms with Gasteiger partial charge in [0, 0.05) is 6.42 Å². The number of aliphatic hydroxyl groups is 8. The predicted molar refractivity (Wildman–Crippen MR) is 194 cm³/mol. The van der Waals surface area contributed by atoms with E-state index in [0.717, 1.165) is 44.9 Å². The van der Waals surface area contributed by atoms with Crippen molar-refractivity contribution in [1.29, 1.82) is 0 Å². The zero-order chi connectivity index (χ0) is 38.3. The zero-order valence-electron chi connectivity index (χ0n) is 31.6. The molecule has 0 radical (unpaired) electrons. The van der Waals surface area contributed by atoms with Crippen molar-refractivity contribution in [2.45, 2.75) is 203 Å². The fourth-order valence-electron chi connectivity index (χ4n) is 6.58. The van der Waals surface area contributed by atoms with Crippen molar-refractivity contribution in [3.63, 3.8) is 0 Å². The fraction of sp³-hybridized carbons (Fsp3) is 0.921. The number of unbranched alkanes of at least 4 members (excludes halogenated alkanes) is 15. The molecule has 2 heterocycles. The normalized spacial score (nSPS) is 30.8. The van der Waals surface area contributed by atoms with Crippen LogP contribution in [0.15, 0.2) is 12.2 Å². The van der Waals surface area contributed by atoms with Crippen molar-refractivity contribution in [1.82, 2.24) is 5.32 Å². The molecule has 0 aliphatic carbocycles. The second-order valence-electron chi connectivity index (χ2n) is 14.4. The summed E-state index contributed by atoms with van der Waals surface area (Å²) >= 11 is 0. The van der Waals surface area contributed by atoms with E-state index >= 15 is 0 Å². The molecule has 2 rings (SSSR count). The maximum atomic E-state index is 12.8. The number of nitrogens with one attached hydrogen (secondary N) is 1. The molecule has 9 N–H and O–H groups in total. The van der Waals surface area contributed by atoms with E-state index in [-0.39, 0.29) is 18.9 Å². The topological polar surface area (TPSA) is 228 Å². The van der Waals surface area contributed by atoms with E-state index < -0.39 is 86.8 Å². The molecule has 0 aromatic heterocycles. The second-order valence-corrected chi connectivity index (χ2v) is 14.4. The first-order valence-electron chi connectivity index (χ1n) is 19.9. The van der Waals surface area contributed by atoms with Crippen LogP contribution in [0.2, 0.25) is 0 Å². The third kappa shape index (κ3) is 16.6. The number of hydrogen-bond acceptors (Lipinski definition) is 13. The first-order valence-corrected chi connectivity index (χ1v) is 19.9. The Hall–Kier alpha value is -1.27. The molecule has 2 aliphatic heterocycles. The minimum atomic E-state index is -1.78. The van der Waals surface area contributed by atoms with Crippen molar-refractivity contribution in [2.24, 2.45) is 0 Å². The molecule has 0 bridgehead atoms. The smallest absolute Gasteiger partial charge is 0.220 e. The Morgan fingerprint density at radius 3 is 1.77 bits per heavy atom. The zero-order valence-corrected chi connectivity index (χ0v) is 31.6. The lowest BCUT2D eigenvalue weighted by molar-refractivity contribution is -0.359. The van der Waals surface area contributed by atoms with Crippen molar-refractivity contribution in [3.05, 3.63) is 12.2 Å². The molecule has 0 saturated carbocycles. The molecule has 0 spiro atoms. The lowest BCUT2D eigenvalue weighted by atomic mass is 9.97. The van der Waals surface area contributed by atoms with Crippen LogP contribution in [0.25, 0.3) is 0 Å². The maximum Gasteiger partial charge on any atom is 0.220 e. The molecule has 52 heavy (non-hydrogen) atoms. The van der Waals surface area contributed by atoms with Crippen LogP contribution in [0.5, 0.6) is 0 Å². The van der Waals surface area contributed by atoms with Crippen LogP contribution in [-0.2, 0) is 23.7 Å². The van der Waals surface area contributed by atoms with Gasteiger partial charge in [-0.2, -0.15) is 0 Å². The second kappa shape index (κ2) is 27.3. The molecule has 306 valence electrons. The van der Waals surface area contributed by atoms with Crippen LogP contribution in [0.3, 0.4) is 0 Å². The standard InChI is InChI=1S/C38H71NO13/c1-3-5-7-9-10-11-12-13-14-15-16-18-19-21-27(42)26(39-30(43)22-20-17-8-6-4-2)25-49-37-35(48)33(46)36(29(24-41)51-37)52-38-34(47)32(45)31(44)28(23-40)50-38/h19,21,26-29,31-38,40-42,44-48H,3-18,20,22-25H2,1-2H3,(H,39,43)/b21-19+/t26-,27+,28?,29?,31-,32?,33+,34-,35?,36+,37+,38-/m0/s1. The summed E-state index contributed by atoms with van der Waals surface area (Å²) in [5.74, 6) is -0.255. The molecule has 2 aliphatic rings. The Kier molecular flexibility index (Phi) is 24.6. The van der Waals surface area contributed by atoms with Crippen molar-refractivity contribution < 1.29 is 64.6 Å². The van der Waals surface area contributed by atoms with Gasteiger partial charge in [-0.05, 0) is 19.3 Å².